The van der Waals surface area contributed by atoms with E-state index >= 15 is 0 Å². The third-order valence-electron chi connectivity index (χ3n) is 5.09. The second-order valence-corrected chi connectivity index (χ2v) is 8.02. The van der Waals surface area contributed by atoms with E-state index in [1.807, 2.05) is 6.92 Å². The van der Waals surface area contributed by atoms with E-state index in [4.69, 9.17) is 0 Å². The molecule has 0 aliphatic carbocycles. The molecule has 2 aliphatic heterocycles. The number of unbranched alkanes of at least 4 members (excludes halogenated alkanes) is 1. The van der Waals surface area contributed by atoms with Crippen LogP contribution in [0.1, 0.15) is 30.1 Å². The third-order valence-corrected chi connectivity index (χ3v) is 5.88. The second kappa shape index (κ2) is 7.95. The summed E-state index contributed by atoms with van der Waals surface area (Å²) in [6.07, 6.45) is 3.05. The molecular formula is C19H19FN5O4P. The van der Waals surface area contributed by atoms with Crippen molar-refractivity contribution >= 4 is 48.4 Å². The van der Waals surface area contributed by atoms with E-state index in [2.05, 4.69) is 15.3 Å². The van der Waals surface area contributed by atoms with Crippen molar-refractivity contribution in [3.05, 3.63) is 33.9 Å². The van der Waals surface area contributed by atoms with Gasteiger partial charge in [-0.15, -0.1) is 0 Å². The lowest BCUT2D eigenvalue weighted by Crippen LogP contribution is -2.54. The average molecular weight is 431 g/mol. The number of pyridine rings is 2. The highest BCUT2D eigenvalue weighted by Gasteiger charge is 2.35. The Morgan fingerprint density at radius 1 is 1.40 bits per heavy atom. The molecule has 11 heteroatoms. The third kappa shape index (κ3) is 3.47. The lowest BCUT2D eigenvalue weighted by molar-refractivity contribution is -0.125. The van der Waals surface area contributed by atoms with Crippen LogP contribution in [-0.4, -0.2) is 57.7 Å². The first-order valence-corrected chi connectivity index (χ1v) is 10.5. The molecule has 0 radical (unpaired) electrons. The zero-order valence-electron chi connectivity index (χ0n) is 16.1. The Kier molecular flexibility index (Phi) is 5.34. The van der Waals surface area contributed by atoms with E-state index in [0.717, 1.165) is 27.1 Å². The Hall–Kier alpha value is -3.13. The summed E-state index contributed by atoms with van der Waals surface area (Å²) in [5, 5.41) is 12.1. The van der Waals surface area contributed by atoms with Gasteiger partial charge in [-0.25, -0.2) is 19.2 Å². The van der Waals surface area contributed by atoms with Crippen LogP contribution in [0.15, 0.2) is 22.1 Å². The largest absolute Gasteiger partial charge is 0.477 e. The fourth-order valence-electron chi connectivity index (χ4n) is 3.32. The van der Waals surface area contributed by atoms with Crippen LogP contribution in [0.5, 0.6) is 0 Å². The van der Waals surface area contributed by atoms with Crippen molar-refractivity contribution in [2.75, 3.05) is 24.5 Å². The highest BCUT2D eigenvalue weighted by molar-refractivity contribution is 7.60. The summed E-state index contributed by atoms with van der Waals surface area (Å²) in [5.41, 5.74) is -0.654. The maximum Gasteiger partial charge on any atom is 0.341 e. The van der Waals surface area contributed by atoms with E-state index in [1.165, 1.54) is 10.8 Å². The summed E-state index contributed by atoms with van der Waals surface area (Å²) in [6.45, 7) is 3.29. The Morgan fingerprint density at radius 3 is 2.73 bits per heavy atom. The number of rotatable bonds is 6. The summed E-state index contributed by atoms with van der Waals surface area (Å²) < 4.78 is 16.2. The molecule has 2 N–H and O–H groups in total. The molecule has 1 fully saturated rings. The summed E-state index contributed by atoms with van der Waals surface area (Å²) in [5.74, 6) is -0.821. The maximum atomic E-state index is 14.8. The topological polar surface area (TPSA) is 117 Å². The Morgan fingerprint density at radius 2 is 2.13 bits per heavy atom. The van der Waals surface area contributed by atoms with Gasteiger partial charge in [-0.2, -0.15) is 0 Å². The molecule has 9 nitrogen and oxygen atoms in total. The van der Waals surface area contributed by atoms with Gasteiger partial charge < -0.3 is 15.3 Å². The van der Waals surface area contributed by atoms with Gasteiger partial charge >= 0.3 is 5.97 Å². The van der Waals surface area contributed by atoms with Crippen LogP contribution in [0, 0.1) is 11.7 Å². The summed E-state index contributed by atoms with van der Waals surface area (Å²) in [7, 11) is 0.736. The number of aromatic nitrogens is 2. The summed E-state index contributed by atoms with van der Waals surface area (Å²) in [6, 6.07) is 1.01. The standard InChI is InChI=1S/C19H19FN5O4P/c1-2-3-4-21-17(27)10-6-24(7-10)16-13(20)5-11-14(26)12(18(28)29)8-25(15(11)23-16)19-22-9-30-19/h5,8-10H,2-4,6-7H2,1H3,(H,21,27)(H,28,29). The second-order valence-electron chi connectivity index (χ2n) is 7.13. The van der Waals surface area contributed by atoms with Gasteiger partial charge in [0.1, 0.15) is 5.56 Å². The van der Waals surface area contributed by atoms with Crippen LogP contribution in [0.4, 0.5) is 10.2 Å². The molecule has 0 unspecified atom stereocenters. The zero-order valence-corrected chi connectivity index (χ0v) is 17.0. The van der Waals surface area contributed by atoms with Crippen LogP contribution in [0.3, 0.4) is 0 Å². The molecule has 30 heavy (non-hydrogen) atoms. The SMILES string of the molecule is CCCCNC(=O)C1CN(c2nc3c(cc2F)c(=O)c(C(=O)O)cn3C2=NC=P2)C1. The van der Waals surface area contributed by atoms with Crippen molar-refractivity contribution in [2.24, 2.45) is 10.9 Å². The van der Waals surface area contributed by atoms with E-state index in [-0.39, 0.29) is 28.7 Å². The summed E-state index contributed by atoms with van der Waals surface area (Å²) >= 11 is 0. The minimum absolute atomic E-state index is 0.0249. The predicted molar refractivity (Wildman–Crippen MR) is 112 cm³/mol. The van der Waals surface area contributed by atoms with Gasteiger partial charge in [0.2, 0.25) is 11.3 Å². The lowest BCUT2D eigenvalue weighted by atomic mass is 9.99. The van der Waals surface area contributed by atoms with Crippen molar-refractivity contribution in [3.63, 3.8) is 0 Å². The number of hydrogen-bond donors (Lipinski definition) is 2. The number of aliphatic imine (C=N–C) groups is 1. The van der Waals surface area contributed by atoms with E-state index in [1.54, 1.807) is 10.8 Å². The molecular weight excluding hydrogens is 412 g/mol. The average Bonchev–Trinajstić information content (AvgIpc) is 2.62. The molecule has 4 rings (SSSR count). The molecule has 2 aromatic rings. The smallest absolute Gasteiger partial charge is 0.341 e. The quantitative estimate of drug-likeness (QED) is 0.529. The number of fused-ring (bicyclic) bond motifs is 1. The van der Waals surface area contributed by atoms with Gasteiger partial charge in [-0.05, 0) is 20.7 Å². The summed E-state index contributed by atoms with van der Waals surface area (Å²) in [4.78, 5) is 46.1. The number of carboxylic acids is 1. The lowest BCUT2D eigenvalue weighted by Gasteiger charge is -2.39. The van der Waals surface area contributed by atoms with Crippen LogP contribution < -0.4 is 15.6 Å². The first-order valence-electron chi connectivity index (χ1n) is 9.53. The maximum absolute atomic E-state index is 14.8. The monoisotopic (exact) mass is 431 g/mol. The molecule has 0 saturated carbocycles. The number of carboxylic acid groups (broad SMARTS) is 1. The molecule has 1 amide bonds. The van der Waals surface area contributed by atoms with Gasteiger partial charge in [0.15, 0.2) is 22.9 Å². The van der Waals surface area contributed by atoms with Crippen LogP contribution in [-0.2, 0) is 4.79 Å². The molecule has 0 aromatic carbocycles. The molecule has 2 aliphatic rings. The Balaban J connectivity index is 1.66. The van der Waals surface area contributed by atoms with Gasteiger partial charge in [0.25, 0.3) is 0 Å². The molecule has 0 spiro atoms. The molecule has 1 saturated heterocycles. The van der Waals surface area contributed by atoms with Gasteiger partial charge in [-0.3, -0.25) is 14.2 Å². The number of carbonyl (C=O) groups excluding carboxylic acids is 1. The molecule has 4 heterocycles. The number of anilines is 1. The first kappa shape index (κ1) is 20.2. The number of nitrogens with zero attached hydrogens (tertiary/aromatic N) is 4. The fourth-order valence-corrected chi connectivity index (χ4v) is 3.82. The fraction of sp³-hybridized carbons (Fsp3) is 0.368. The molecule has 0 bridgehead atoms. The molecule has 156 valence electrons. The normalized spacial score (nSPS) is 16.1. The minimum atomic E-state index is -1.40. The van der Waals surface area contributed by atoms with Crippen molar-refractivity contribution in [1.82, 2.24) is 14.9 Å². The van der Waals surface area contributed by atoms with Gasteiger partial charge in [0, 0.05) is 25.8 Å². The number of carbonyl (C=O) groups is 2. The number of amides is 1. The van der Waals surface area contributed by atoms with Crippen molar-refractivity contribution < 1.29 is 19.1 Å². The Bertz CT molecular complexity index is 1170. The van der Waals surface area contributed by atoms with Crippen molar-refractivity contribution in [2.45, 2.75) is 19.8 Å². The van der Waals surface area contributed by atoms with Crippen LogP contribution in [0.2, 0.25) is 0 Å². The Labute approximate surface area is 172 Å². The highest BCUT2D eigenvalue weighted by Crippen LogP contribution is 2.28. The minimum Gasteiger partial charge on any atom is -0.477 e. The number of halogens is 1. The number of nitrogens with one attached hydrogen (secondary N) is 1. The number of aromatic carboxylic acids is 1. The van der Waals surface area contributed by atoms with E-state index in [9.17, 15) is 23.9 Å². The van der Waals surface area contributed by atoms with E-state index < -0.39 is 22.8 Å². The van der Waals surface area contributed by atoms with Crippen molar-refractivity contribution in [3.8, 4) is 0 Å². The van der Waals surface area contributed by atoms with Gasteiger partial charge in [-0.1, -0.05) is 13.3 Å². The van der Waals surface area contributed by atoms with Gasteiger partial charge in [0.05, 0.1) is 17.2 Å². The van der Waals surface area contributed by atoms with Crippen molar-refractivity contribution in [1.29, 1.82) is 0 Å². The highest BCUT2D eigenvalue weighted by atomic mass is 31.1. The molecule has 2 aromatic heterocycles. The van der Waals surface area contributed by atoms with Crippen LogP contribution >= 0.6 is 8.20 Å². The predicted octanol–water partition coefficient (Wildman–Crippen LogP) is 1.51. The molecule has 0 atom stereocenters. The zero-order chi connectivity index (χ0) is 21.4. The first-order chi connectivity index (χ1) is 14.4. The van der Waals surface area contributed by atoms with Crippen LogP contribution in [0.25, 0.3) is 11.0 Å². The number of hydrogen-bond acceptors (Lipinski definition) is 6. The van der Waals surface area contributed by atoms with E-state index in [0.29, 0.717) is 25.2 Å².